The number of carbonyl (C=O) groups excluding carboxylic acids is 1. The van der Waals surface area contributed by atoms with Gasteiger partial charge in [0.05, 0.1) is 0 Å². The van der Waals surface area contributed by atoms with Crippen LogP contribution in [0, 0.1) is 5.41 Å². The van der Waals surface area contributed by atoms with E-state index in [1.807, 2.05) is 20.8 Å². The van der Waals surface area contributed by atoms with Crippen molar-refractivity contribution in [1.29, 1.82) is 0 Å². The van der Waals surface area contributed by atoms with Crippen LogP contribution in [0.3, 0.4) is 0 Å². The topological polar surface area (TPSA) is 38.3 Å². The Kier molecular flexibility index (Phi) is 2.18. The molecule has 0 aromatic heterocycles. The minimum Gasteiger partial charge on any atom is -0.463 e. The number of cyclic esters (lactones) is 1. The summed E-state index contributed by atoms with van der Waals surface area (Å²) in [6, 6.07) is -0.142. The highest BCUT2D eigenvalue weighted by molar-refractivity contribution is 5.77. The molecule has 0 aliphatic carbocycles. The maximum atomic E-state index is 11.2. The predicted octanol–water partition coefficient (Wildman–Crippen LogP) is 0.547. The van der Waals surface area contributed by atoms with E-state index in [4.69, 9.17) is 4.74 Å². The van der Waals surface area contributed by atoms with Crippen molar-refractivity contribution < 1.29 is 9.53 Å². The Morgan fingerprint density at radius 3 is 2.55 bits per heavy atom. The highest BCUT2D eigenvalue weighted by atomic mass is 16.5. The fraction of sp³-hybridized carbons (Fsp3) is 0.875. The van der Waals surface area contributed by atoms with Crippen molar-refractivity contribution in [3.05, 3.63) is 0 Å². The van der Waals surface area contributed by atoms with Crippen molar-refractivity contribution in [3.63, 3.8) is 0 Å². The van der Waals surface area contributed by atoms with E-state index in [-0.39, 0.29) is 17.4 Å². The van der Waals surface area contributed by atoms with Crippen LogP contribution < -0.4 is 5.32 Å². The smallest absolute Gasteiger partial charge is 0.323 e. The molecule has 1 rings (SSSR count). The van der Waals surface area contributed by atoms with Crippen LogP contribution >= 0.6 is 0 Å². The molecule has 64 valence electrons. The molecule has 1 heterocycles. The first kappa shape index (κ1) is 8.53. The Hall–Kier alpha value is -0.570. The largest absolute Gasteiger partial charge is 0.463 e. The van der Waals surface area contributed by atoms with Gasteiger partial charge in [-0.3, -0.25) is 4.79 Å². The Balaban J connectivity index is 2.62. The summed E-state index contributed by atoms with van der Waals surface area (Å²) in [5.41, 5.74) is -0.0441. The third-order valence-corrected chi connectivity index (χ3v) is 1.80. The van der Waals surface area contributed by atoms with Gasteiger partial charge in [-0.25, -0.2) is 0 Å². The van der Waals surface area contributed by atoms with E-state index >= 15 is 0 Å². The van der Waals surface area contributed by atoms with Gasteiger partial charge in [0, 0.05) is 6.54 Å². The zero-order valence-electron chi connectivity index (χ0n) is 7.31. The first-order valence-corrected chi connectivity index (χ1v) is 3.92. The molecule has 1 atom stereocenters. The Labute approximate surface area is 67.1 Å². The number of carbonyl (C=O) groups is 1. The van der Waals surface area contributed by atoms with E-state index in [0.717, 1.165) is 6.54 Å². The summed E-state index contributed by atoms with van der Waals surface area (Å²) in [4.78, 5) is 11.2. The summed E-state index contributed by atoms with van der Waals surface area (Å²) in [5, 5.41) is 3.13. The number of morpholine rings is 1. The molecule has 0 radical (unpaired) electrons. The zero-order chi connectivity index (χ0) is 8.48. The highest BCUT2D eigenvalue weighted by Gasteiger charge is 2.34. The number of nitrogens with one attached hydrogen (secondary N) is 1. The number of hydrogen-bond donors (Lipinski definition) is 1. The number of hydrogen-bond acceptors (Lipinski definition) is 3. The summed E-state index contributed by atoms with van der Waals surface area (Å²) in [6.07, 6.45) is 0. The van der Waals surface area contributed by atoms with Crippen molar-refractivity contribution in [3.8, 4) is 0 Å². The second kappa shape index (κ2) is 2.81. The molecule has 0 saturated carbocycles. The molecule has 1 aliphatic heterocycles. The van der Waals surface area contributed by atoms with E-state index in [0.29, 0.717) is 6.61 Å². The summed E-state index contributed by atoms with van der Waals surface area (Å²) < 4.78 is 4.92. The molecule has 1 unspecified atom stereocenters. The third kappa shape index (κ3) is 1.93. The average Bonchev–Trinajstić information content (AvgIpc) is 1.86. The standard InChI is InChI=1S/C8H15NO2/c1-8(2,3)6-7(10)11-5-4-9-6/h6,9H,4-5H2,1-3H3. The molecule has 1 N–H and O–H groups in total. The van der Waals surface area contributed by atoms with Crippen LogP contribution in [0.15, 0.2) is 0 Å². The maximum Gasteiger partial charge on any atom is 0.323 e. The van der Waals surface area contributed by atoms with Crippen LogP contribution in [0.25, 0.3) is 0 Å². The third-order valence-electron chi connectivity index (χ3n) is 1.80. The number of esters is 1. The Bertz CT molecular complexity index is 160. The summed E-state index contributed by atoms with van der Waals surface area (Å²) in [5.74, 6) is -0.122. The molecular formula is C8H15NO2. The number of rotatable bonds is 0. The maximum absolute atomic E-state index is 11.2. The molecule has 0 bridgehead atoms. The lowest BCUT2D eigenvalue weighted by molar-refractivity contribution is -0.152. The second-order valence-corrected chi connectivity index (χ2v) is 3.92. The van der Waals surface area contributed by atoms with Gasteiger partial charge in [-0.15, -0.1) is 0 Å². The van der Waals surface area contributed by atoms with Gasteiger partial charge in [0.1, 0.15) is 12.6 Å². The van der Waals surface area contributed by atoms with Crippen LogP contribution in [-0.4, -0.2) is 25.2 Å². The predicted molar refractivity (Wildman–Crippen MR) is 42.2 cm³/mol. The molecule has 11 heavy (non-hydrogen) atoms. The van der Waals surface area contributed by atoms with Crippen molar-refractivity contribution in [2.24, 2.45) is 5.41 Å². The van der Waals surface area contributed by atoms with E-state index in [1.165, 1.54) is 0 Å². The SMILES string of the molecule is CC(C)(C)C1NCCOC1=O. The molecule has 0 amide bonds. The lowest BCUT2D eigenvalue weighted by atomic mass is 9.86. The van der Waals surface area contributed by atoms with Gasteiger partial charge < -0.3 is 10.1 Å². The van der Waals surface area contributed by atoms with Crippen LogP contribution in [0.1, 0.15) is 20.8 Å². The molecule has 3 nitrogen and oxygen atoms in total. The van der Waals surface area contributed by atoms with Gasteiger partial charge in [0.2, 0.25) is 0 Å². The highest BCUT2D eigenvalue weighted by Crippen LogP contribution is 2.21. The van der Waals surface area contributed by atoms with Gasteiger partial charge in [-0.05, 0) is 5.41 Å². The van der Waals surface area contributed by atoms with E-state index in [9.17, 15) is 4.79 Å². The fourth-order valence-electron chi connectivity index (χ4n) is 1.18. The molecule has 1 aliphatic rings. The second-order valence-electron chi connectivity index (χ2n) is 3.92. The van der Waals surface area contributed by atoms with E-state index < -0.39 is 0 Å². The number of ether oxygens (including phenoxy) is 1. The van der Waals surface area contributed by atoms with Gasteiger partial charge in [-0.1, -0.05) is 20.8 Å². The molecule has 0 aromatic rings. The minimum atomic E-state index is -0.142. The first-order valence-electron chi connectivity index (χ1n) is 3.92. The van der Waals surface area contributed by atoms with E-state index in [2.05, 4.69) is 5.32 Å². The van der Waals surface area contributed by atoms with Crippen molar-refractivity contribution >= 4 is 5.97 Å². The molecule has 3 heteroatoms. The van der Waals surface area contributed by atoms with Gasteiger partial charge in [0.15, 0.2) is 0 Å². The zero-order valence-corrected chi connectivity index (χ0v) is 7.31. The molecule has 0 aromatic carbocycles. The van der Waals surface area contributed by atoms with Crippen molar-refractivity contribution in [2.45, 2.75) is 26.8 Å². The molecule has 1 fully saturated rings. The van der Waals surface area contributed by atoms with Crippen molar-refractivity contribution in [2.75, 3.05) is 13.2 Å². The summed E-state index contributed by atoms with van der Waals surface area (Å²) in [6.45, 7) is 7.35. The Morgan fingerprint density at radius 1 is 1.55 bits per heavy atom. The fourth-order valence-corrected chi connectivity index (χ4v) is 1.18. The normalized spacial score (nSPS) is 26.5. The molecule has 1 saturated heterocycles. The summed E-state index contributed by atoms with van der Waals surface area (Å²) in [7, 11) is 0. The lowest BCUT2D eigenvalue weighted by Crippen LogP contribution is -2.52. The van der Waals surface area contributed by atoms with Crippen LogP contribution in [0.5, 0.6) is 0 Å². The van der Waals surface area contributed by atoms with Crippen molar-refractivity contribution in [1.82, 2.24) is 5.32 Å². The quantitative estimate of drug-likeness (QED) is 0.522. The minimum absolute atomic E-state index is 0.0441. The molecule has 0 spiro atoms. The van der Waals surface area contributed by atoms with E-state index in [1.54, 1.807) is 0 Å². The van der Waals surface area contributed by atoms with Gasteiger partial charge >= 0.3 is 5.97 Å². The van der Waals surface area contributed by atoms with Gasteiger partial charge in [0.25, 0.3) is 0 Å². The first-order chi connectivity index (χ1) is 5.02. The van der Waals surface area contributed by atoms with Crippen LogP contribution in [0.4, 0.5) is 0 Å². The summed E-state index contributed by atoms with van der Waals surface area (Å²) >= 11 is 0. The Morgan fingerprint density at radius 2 is 2.18 bits per heavy atom. The monoisotopic (exact) mass is 157 g/mol. The van der Waals surface area contributed by atoms with Crippen LogP contribution in [0.2, 0.25) is 0 Å². The average molecular weight is 157 g/mol. The molecular weight excluding hydrogens is 142 g/mol. The lowest BCUT2D eigenvalue weighted by Gasteiger charge is -2.32. The van der Waals surface area contributed by atoms with Gasteiger partial charge in [-0.2, -0.15) is 0 Å². The van der Waals surface area contributed by atoms with Crippen LogP contribution in [-0.2, 0) is 9.53 Å².